The van der Waals surface area contributed by atoms with Crippen molar-refractivity contribution in [3.8, 4) is 0 Å². The van der Waals surface area contributed by atoms with Crippen molar-refractivity contribution in [3.05, 3.63) is 19.2 Å². The summed E-state index contributed by atoms with van der Waals surface area (Å²) >= 11 is 8.88. The van der Waals surface area contributed by atoms with Gasteiger partial charge >= 0.3 is 0 Å². The zero-order valence-corrected chi connectivity index (χ0v) is 13.1. The summed E-state index contributed by atoms with van der Waals surface area (Å²) in [6.45, 7) is 3.45. The molecule has 0 aliphatic carbocycles. The van der Waals surface area contributed by atoms with Crippen molar-refractivity contribution in [2.45, 2.75) is 26.2 Å². The van der Waals surface area contributed by atoms with Crippen molar-refractivity contribution in [2.24, 2.45) is 5.92 Å². The van der Waals surface area contributed by atoms with Crippen molar-refractivity contribution in [1.82, 2.24) is 5.32 Å². The summed E-state index contributed by atoms with van der Waals surface area (Å²) in [5.74, 6) is 0.803. The highest BCUT2D eigenvalue weighted by atomic mass is 79.9. The van der Waals surface area contributed by atoms with Gasteiger partial charge in [0.15, 0.2) is 0 Å². The first-order chi connectivity index (χ1) is 7.13. The number of thiophene rings is 1. The van der Waals surface area contributed by atoms with Gasteiger partial charge in [-0.05, 0) is 76.7 Å². The Kier molecular flexibility index (Phi) is 6.43. The summed E-state index contributed by atoms with van der Waals surface area (Å²) < 4.78 is 2.39. The minimum Gasteiger partial charge on any atom is -0.320 e. The van der Waals surface area contributed by atoms with Crippen LogP contribution in [0.4, 0.5) is 0 Å². The predicted molar refractivity (Wildman–Crippen MR) is 75.7 cm³/mol. The van der Waals surface area contributed by atoms with Crippen LogP contribution in [-0.2, 0) is 6.42 Å². The van der Waals surface area contributed by atoms with Gasteiger partial charge in [0.25, 0.3) is 0 Å². The average Bonchev–Trinajstić information content (AvgIpc) is 2.52. The van der Waals surface area contributed by atoms with Gasteiger partial charge in [0, 0.05) is 9.35 Å². The molecule has 0 amide bonds. The maximum atomic E-state index is 3.53. The Labute approximate surface area is 113 Å². The number of rotatable bonds is 6. The molecule has 0 radical (unpaired) electrons. The number of nitrogens with one attached hydrogen (secondary N) is 1. The number of hydrogen-bond acceptors (Lipinski definition) is 2. The molecule has 1 aromatic rings. The Bertz CT molecular complexity index is 279. The van der Waals surface area contributed by atoms with Crippen LogP contribution in [0, 0.1) is 5.92 Å². The molecular weight excluding hydrogens is 338 g/mol. The molecular formula is C11H17Br2NS. The van der Waals surface area contributed by atoms with Crippen LogP contribution in [0.25, 0.3) is 0 Å². The lowest BCUT2D eigenvalue weighted by molar-refractivity contribution is 0.483. The molecule has 1 N–H and O–H groups in total. The third-order valence-corrected chi connectivity index (χ3v) is 5.78. The molecule has 0 aliphatic heterocycles. The molecule has 0 fully saturated rings. The summed E-state index contributed by atoms with van der Waals surface area (Å²) in [5.41, 5.74) is 0. The van der Waals surface area contributed by atoms with Crippen LogP contribution in [-0.4, -0.2) is 13.6 Å². The smallest absolute Gasteiger partial charge is 0.0843 e. The molecule has 86 valence electrons. The van der Waals surface area contributed by atoms with E-state index in [0.717, 1.165) is 12.5 Å². The second-order valence-electron chi connectivity index (χ2n) is 3.87. The van der Waals surface area contributed by atoms with Crippen molar-refractivity contribution in [2.75, 3.05) is 13.6 Å². The molecule has 0 saturated heterocycles. The van der Waals surface area contributed by atoms with Crippen LogP contribution < -0.4 is 5.32 Å². The van der Waals surface area contributed by atoms with E-state index in [-0.39, 0.29) is 0 Å². The van der Waals surface area contributed by atoms with Crippen molar-refractivity contribution < 1.29 is 0 Å². The standard InChI is InChI=1S/C11H17Br2NS/c1-8(5-6-14-2)3-4-9-7-10(12)11(13)15-9/h7-8,14H,3-6H2,1-2H3. The van der Waals surface area contributed by atoms with Gasteiger partial charge in [0.1, 0.15) is 0 Å². The number of aryl methyl sites for hydroxylation is 1. The monoisotopic (exact) mass is 353 g/mol. The molecule has 15 heavy (non-hydrogen) atoms. The third-order valence-electron chi connectivity index (χ3n) is 2.47. The van der Waals surface area contributed by atoms with E-state index in [4.69, 9.17) is 0 Å². The molecule has 0 bridgehead atoms. The van der Waals surface area contributed by atoms with Gasteiger partial charge in [0.2, 0.25) is 0 Å². The highest BCUT2D eigenvalue weighted by Gasteiger charge is 2.06. The lowest BCUT2D eigenvalue weighted by Gasteiger charge is -2.09. The second kappa shape index (κ2) is 7.05. The van der Waals surface area contributed by atoms with E-state index in [1.165, 1.54) is 32.4 Å². The Hall–Kier alpha value is 0.620. The summed E-state index contributed by atoms with van der Waals surface area (Å²) in [4.78, 5) is 1.46. The Morgan fingerprint density at radius 1 is 1.40 bits per heavy atom. The highest BCUT2D eigenvalue weighted by Crippen LogP contribution is 2.33. The van der Waals surface area contributed by atoms with E-state index >= 15 is 0 Å². The van der Waals surface area contributed by atoms with Gasteiger partial charge < -0.3 is 5.32 Å². The van der Waals surface area contributed by atoms with E-state index in [9.17, 15) is 0 Å². The fourth-order valence-corrected chi connectivity index (χ4v) is 3.63. The molecule has 1 aromatic heterocycles. The largest absolute Gasteiger partial charge is 0.320 e. The molecule has 1 atom stereocenters. The summed E-state index contributed by atoms with van der Waals surface area (Å²) in [6, 6.07) is 2.22. The Balaban J connectivity index is 2.30. The van der Waals surface area contributed by atoms with E-state index < -0.39 is 0 Å². The lowest BCUT2D eigenvalue weighted by atomic mass is 10.0. The average molecular weight is 355 g/mol. The first-order valence-corrected chi connectivity index (χ1v) is 7.62. The van der Waals surface area contributed by atoms with E-state index in [0.29, 0.717) is 0 Å². The van der Waals surface area contributed by atoms with Gasteiger partial charge in [0.05, 0.1) is 3.79 Å². The van der Waals surface area contributed by atoms with Crippen LogP contribution in [0.2, 0.25) is 0 Å². The zero-order chi connectivity index (χ0) is 11.3. The fraction of sp³-hybridized carbons (Fsp3) is 0.636. The second-order valence-corrected chi connectivity index (χ2v) is 7.18. The molecule has 1 nitrogen and oxygen atoms in total. The van der Waals surface area contributed by atoms with Crippen molar-refractivity contribution in [3.63, 3.8) is 0 Å². The molecule has 0 aromatic carbocycles. The minimum absolute atomic E-state index is 0.803. The zero-order valence-electron chi connectivity index (χ0n) is 9.15. The molecule has 4 heteroatoms. The van der Waals surface area contributed by atoms with Gasteiger partial charge in [-0.2, -0.15) is 0 Å². The molecule has 1 rings (SSSR count). The van der Waals surface area contributed by atoms with E-state index in [1.807, 2.05) is 18.4 Å². The first-order valence-electron chi connectivity index (χ1n) is 5.21. The van der Waals surface area contributed by atoms with E-state index in [1.54, 1.807) is 0 Å². The topological polar surface area (TPSA) is 12.0 Å². The van der Waals surface area contributed by atoms with Crippen LogP contribution in [0.1, 0.15) is 24.6 Å². The fourth-order valence-electron chi connectivity index (χ4n) is 1.44. The summed E-state index contributed by atoms with van der Waals surface area (Å²) in [6.07, 6.45) is 3.74. The molecule has 1 heterocycles. The maximum Gasteiger partial charge on any atom is 0.0843 e. The minimum atomic E-state index is 0.803. The number of halogens is 2. The van der Waals surface area contributed by atoms with Gasteiger partial charge in [-0.1, -0.05) is 6.92 Å². The van der Waals surface area contributed by atoms with Gasteiger partial charge in [-0.15, -0.1) is 11.3 Å². The van der Waals surface area contributed by atoms with Gasteiger partial charge in [-0.25, -0.2) is 0 Å². The van der Waals surface area contributed by atoms with Gasteiger partial charge in [-0.3, -0.25) is 0 Å². The summed E-state index contributed by atoms with van der Waals surface area (Å²) in [5, 5.41) is 3.20. The lowest BCUT2D eigenvalue weighted by Crippen LogP contribution is -2.11. The molecule has 1 unspecified atom stereocenters. The Morgan fingerprint density at radius 2 is 2.13 bits per heavy atom. The van der Waals surface area contributed by atoms with Crippen LogP contribution >= 0.6 is 43.2 Å². The number of hydrogen-bond donors (Lipinski definition) is 1. The SMILES string of the molecule is CNCCC(C)CCc1cc(Br)c(Br)s1. The van der Waals surface area contributed by atoms with Crippen LogP contribution in [0.5, 0.6) is 0 Å². The van der Waals surface area contributed by atoms with E-state index in [2.05, 4.69) is 50.2 Å². The molecule has 0 saturated carbocycles. The maximum absolute atomic E-state index is 3.53. The van der Waals surface area contributed by atoms with Crippen LogP contribution in [0.15, 0.2) is 14.3 Å². The summed E-state index contributed by atoms with van der Waals surface area (Å²) in [7, 11) is 2.01. The van der Waals surface area contributed by atoms with Crippen molar-refractivity contribution >= 4 is 43.2 Å². The Morgan fingerprint density at radius 3 is 2.67 bits per heavy atom. The first kappa shape index (κ1) is 13.7. The van der Waals surface area contributed by atoms with Crippen LogP contribution in [0.3, 0.4) is 0 Å². The van der Waals surface area contributed by atoms with Crippen molar-refractivity contribution in [1.29, 1.82) is 0 Å². The highest BCUT2D eigenvalue weighted by molar-refractivity contribution is 9.13. The molecule has 0 spiro atoms. The molecule has 0 aliphatic rings. The predicted octanol–water partition coefficient (Wildman–Crippen LogP) is 4.45. The normalized spacial score (nSPS) is 13.1. The third kappa shape index (κ3) is 4.98. The quantitative estimate of drug-likeness (QED) is 0.795.